The molecule has 1 aromatic carbocycles. The lowest BCUT2D eigenvalue weighted by molar-refractivity contribution is 0.281. The minimum atomic E-state index is -0.161. The predicted octanol–water partition coefficient (Wildman–Crippen LogP) is 0.990. The van der Waals surface area contributed by atoms with E-state index in [1.165, 1.54) is 0 Å². The monoisotopic (exact) mass is 260 g/mol. The van der Waals surface area contributed by atoms with E-state index in [9.17, 15) is 0 Å². The molecule has 0 spiro atoms. The molecule has 0 saturated carbocycles. The molecular formula is C12H16N6O. The lowest BCUT2D eigenvalue weighted by atomic mass is 10.3. The second kappa shape index (κ2) is 5.96. The van der Waals surface area contributed by atoms with Crippen LogP contribution in [0, 0.1) is 0 Å². The number of nitrogens with one attached hydrogen (secondary N) is 2. The summed E-state index contributed by atoms with van der Waals surface area (Å²) in [6, 6.07) is 9.35. The maximum Gasteiger partial charge on any atom is 0.233 e. The van der Waals surface area contributed by atoms with Gasteiger partial charge in [0.25, 0.3) is 0 Å². The number of benzene rings is 1. The van der Waals surface area contributed by atoms with Gasteiger partial charge in [0.2, 0.25) is 17.8 Å². The van der Waals surface area contributed by atoms with Crippen LogP contribution in [0.25, 0.3) is 0 Å². The zero-order valence-corrected chi connectivity index (χ0v) is 10.5. The number of nitrogen functional groups attached to an aromatic ring is 1. The van der Waals surface area contributed by atoms with Crippen LogP contribution in [0.1, 0.15) is 6.92 Å². The van der Waals surface area contributed by atoms with Crippen LogP contribution in [0.5, 0.6) is 0 Å². The number of aliphatic hydroxyl groups is 1. The van der Waals surface area contributed by atoms with Gasteiger partial charge in [-0.2, -0.15) is 15.0 Å². The molecule has 0 aliphatic carbocycles. The van der Waals surface area contributed by atoms with E-state index in [-0.39, 0.29) is 18.6 Å². The second-order valence-corrected chi connectivity index (χ2v) is 4.06. The SMILES string of the molecule is CC(CO)Nc1nc(N)nc(Nc2ccccc2)n1. The molecule has 1 aromatic heterocycles. The van der Waals surface area contributed by atoms with E-state index in [4.69, 9.17) is 10.8 Å². The van der Waals surface area contributed by atoms with E-state index >= 15 is 0 Å². The highest BCUT2D eigenvalue weighted by Crippen LogP contribution is 2.14. The fourth-order valence-corrected chi connectivity index (χ4v) is 1.43. The second-order valence-electron chi connectivity index (χ2n) is 4.06. The number of aliphatic hydroxyl groups excluding tert-OH is 1. The van der Waals surface area contributed by atoms with Crippen molar-refractivity contribution in [3.05, 3.63) is 30.3 Å². The lowest BCUT2D eigenvalue weighted by Gasteiger charge is -2.12. The average molecular weight is 260 g/mol. The zero-order chi connectivity index (χ0) is 13.7. The third-order valence-electron chi connectivity index (χ3n) is 2.33. The first-order valence-corrected chi connectivity index (χ1v) is 5.88. The fraction of sp³-hybridized carbons (Fsp3) is 0.250. The Morgan fingerprint density at radius 1 is 1.16 bits per heavy atom. The molecule has 5 N–H and O–H groups in total. The summed E-state index contributed by atoms with van der Waals surface area (Å²) in [5, 5.41) is 14.9. The standard InChI is InChI=1S/C12H16N6O/c1-8(7-19)14-11-16-10(13)17-12(18-11)15-9-5-3-2-4-6-9/h2-6,8,19H,7H2,1H3,(H4,13,14,15,16,17,18). The number of hydrogen-bond acceptors (Lipinski definition) is 7. The molecule has 7 heteroatoms. The van der Waals surface area contributed by atoms with Crippen molar-refractivity contribution in [2.75, 3.05) is 23.0 Å². The summed E-state index contributed by atoms with van der Waals surface area (Å²) < 4.78 is 0. The molecule has 0 aliphatic rings. The highest BCUT2D eigenvalue weighted by atomic mass is 16.3. The van der Waals surface area contributed by atoms with Crippen LogP contribution in [0.3, 0.4) is 0 Å². The molecule has 7 nitrogen and oxygen atoms in total. The van der Waals surface area contributed by atoms with Crippen LogP contribution in [-0.4, -0.2) is 32.7 Å². The van der Waals surface area contributed by atoms with Crippen molar-refractivity contribution in [2.24, 2.45) is 0 Å². The molecule has 19 heavy (non-hydrogen) atoms. The number of nitrogens with two attached hydrogens (primary N) is 1. The third-order valence-corrected chi connectivity index (χ3v) is 2.33. The van der Waals surface area contributed by atoms with Gasteiger partial charge in [-0.05, 0) is 19.1 Å². The van der Waals surface area contributed by atoms with Gasteiger partial charge in [0.15, 0.2) is 0 Å². The van der Waals surface area contributed by atoms with Crippen molar-refractivity contribution in [1.29, 1.82) is 0 Å². The number of hydrogen-bond donors (Lipinski definition) is 4. The Morgan fingerprint density at radius 2 is 1.84 bits per heavy atom. The average Bonchev–Trinajstić information content (AvgIpc) is 2.39. The molecule has 0 amide bonds. The van der Waals surface area contributed by atoms with Gasteiger partial charge in [-0.25, -0.2) is 0 Å². The van der Waals surface area contributed by atoms with Gasteiger partial charge >= 0.3 is 0 Å². The van der Waals surface area contributed by atoms with Gasteiger partial charge in [-0.1, -0.05) is 18.2 Å². The maximum atomic E-state index is 8.99. The molecule has 100 valence electrons. The first-order chi connectivity index (χ1) is 9.17. The van der Waals surface area contributed by atoms with Crippen molar-refractivity contribution in [1.82, 2.24) is 15.0 Å². The highest BCUT2D eigenvalue weighted by molar-refractivity contribution is 5.54. The molecule has 1 atom stereocenters. The summed E-state index contributed by atoms with van der Waals surface area (Å²) in [5.74, 6) is 0.792. The summed E-state index contributed by atoms with van der Waals surface area (Å²) in [6.45, 7) is 1.79. The number of para-hydroxylation sites is 1. The Balaban J connectivity index is 2.17. The van der Waals surface area contributed by atoms with E-state index < -0.39 is 0 Å². The van der Waals surface area contributed by atoms with Crippen LogP contribution in [-0.2, 0) is 0 Å². The first-order valence-electron chi connectivity index (χ1n) is 5.88. The summed E-state index contributed by atoms with van der Waals surface area (Å²) in [4.78, 5) is 12.1. The van der Waals surface area contributed by atoms with Crippen molar-refractivity contribution in [3.63, 3.8) is 0 Å². The van der Waals surface area contributed by atoms with Crippen LogP contribution in [0.15, 0.2) is 30.3 Å². The summed E-state index contributed by atoms with van der Waals surface area (Å²) in [6.07, 6.45) is 0. The van der Waals surface area contributed by atoms with E-state index in [0.29, 0.717) is 11.9 Å². The summed E-state index contributed by atoms with van der Waals surface area (Å²) >= 11 is 0. The number of aromatic nitrogens is 3. The Hall–Kier alpha value is -2.41. The van der Waals surface area contributed by atoms with E-state index in [1.54, 1.807) is 0 Å². The van der Waals surface area contributed by atoms with Gasteiger partial charge in [0.1, 0.15) is 0 Å². The fourth-order valence-electron chi connectivity index (χ4n) is 1.43. The number of rotatable bonds is 5. The molecule has 0 fully saturated rings. The number of nitrogens with zero attached hydrogens (tertiary/aromatic N) is 3. The Morgan fingerprint density at radius 3 is 2.53 bits per heavy atom. The van der Waals surface area contributed by atoms with Crippen molar-refractivity contribution >= 4 is 23.5 Å². The molecule has 2 rings (SSSR count). The molecule has 0 saturated heterocycles. The van der Waals surface area contributed by atoms with E-state index in [1.807, 2.05) is 37.3 Å². The molecule has 1 heterocycles. The molecule has 0 aliphatic heterocycles. The molecule has 2 aromatic rings. The van der Waals surface area contributed by atoms with Crippen LogP contribution in [0.2, 0.25) is 0 Å². The Kier molecular flexibility index (Phi) is 4.09. The van der Waals surface area contributed by atoms with Gasteiger partial charge in [0, 0.05) is 11.7 Å². The van der Waals surface area contributed by atoms with Crippen molar-refractivity contribution in [2.45, 2.75) is 13.0 Å². The number of anilines is 4. The topological polar surface area (TPSA) is 109 Å². The zero-order valence-electron chi connectivity index (χ0n) is 10.5. The Bertz CT molecular complexity index is 533. The van der Waals surface area contributed by atoms with E-state index in [2.05, 4.69) is 25.6 Å². The summed E-state index contributed by atoms with van der Waals surface area (Å²) in [7, 11) is 0. The minimum Gasteiger partial charge on any atom is -0.394 e. The maximum absolute atomic E-state index is 8.99. The van der Waals surface area contributed by atoms with Gasteiger partial charge in [-0.15, -0.1) is 0 Å². The highest BCUT2D eigenvalue weighted by Gasteiger charge is 2.07. The largest absolute Gasteiger partial charge is 0.394 e. The minimum absolute atomic E-state index is 0.0208. The summed E-state index contributed by atoms with van der Waals surface area (Å²) in [5.41, 5.74) is 6.48. The van der Waals surface area contributed by atoms with Crippen LogP contribution >= 0.6 is 0 Å². The lowest BCUT2D eigenvalue weighted by Crippen LogP contribution is -2.21. The van der Waals surface area contributed by atoms with Crippen LogP contribution < -0.4 is 16.4 Å². The van der Waals surface area contributed by atoms with Crippen molar-refractivity contribution in [3.8, 4) is 0 Å². The molecule has 0 radical (unpaired) electrons. The van der Waals surface area contributed by atoms with Crippen LogP contribution in [0.4, 0.5) is 23.5 Å². The normalized spacial score (nSPS) is 11.9. The smallest absolute Gasteiger partial charge is 0.233 e. The third kappa shape index (κ3) is 3.78. The predicted molar refractivity (Wildman–Crippen MR) is 74.1 cm³/mol. The van der Waals surface area contributed by atoms with Gasteiger partial charge in [-0.3, -0.25) is 0 Å². The van der Waals surface area contributed by atoms with Crippen molar-refractivity contribution < 1.29 is 5.11 Å². The molecule has 0 bridgehead atoms. The first kappa shape index (κ1) is 13.0. The van der Waals surface area contributed by atoms with Gasteiger partial charge < -0.3 is 21.5 Å². The van der Waals surface area contributed by atoms with Gasteiger partial charge in [0.05, 0.1) is 6.61 Å². The molecule has 1 unspecified atom stereocenters. The van der Waals surface area contributed by atoms with E-state index in [0.717, 1.165) is 5.69 Å². The molecular weight excluding hydrogens is 244 g/mol. The Labute approximate surface area is 110 Å². The quantitative estimate of drug-likeness (QED) is 0.634.